The molecule has 0 aromatic rings. The lowest BCUT2D eigenvalue weighted by Crippen LogP contribution is -2.57. The largest absolute Gasteiger partial charge is 0.452 e. The number of aliphatic hydroxyl groups excluding tert-OH is 1. The summed E-state index contributed by atoms with van der Waals surface area (Å²) in [4.78, 5) is 25.6. The molecule has 6 heteroatoms. The first-order chi connectivity index (χ1) is 24.3. The van der Waals surface area contributed by atoms with Crippen LogP contribution in [0, 0.1) is 0 Å². The van der Waals surface area contributed by atoms with Gasteiger partial charge in [-0.25, -0.2) is 0 Å². The number of hydrogen-bond acceptors (Lipinski definition) is 5. The van der Waals surface area contributed by atoms with Gasteiger partial charge in [0, 0.05) is 25.9 Å². The molecule has 0 saturated heterocycles. The molecule has 0 aliphatic rings. The number of carbonyl (C=O) groups excluding carboxylic acids is 2. The van der Waals surface area contributed by atoms with Crippen LogP contribution < -0.4 is 0 Å². The Kier molecular flexibility index (Phi) is 34.5. The van der Waals surface area contributed by atoms with Crippen LogP contribution in [0.15, 0.2) is 24.3 Å². The van der Waals surface area contributed by atoms with Crippen molar-refractivity contribution >= 4 is 11.9 Å². The quantitative estimate of drug-likeness (QED) is 0.0229. The highest BCUT2D eigenvalue weighted by atomic mass is 16.6. The molecule has 0 aliphatic carbocycles. The lowest BCUT2D eigenvalue weighted by molar-refractivity contribution is -0.938. The van der Waals surface area contributed by atoms with Crippen LogP contribution in [-0.2, 0) is 19.1 Å². The standard InChI is InChI=1S/C44H84NO5/c1-6-8-10-12-14-16-18-20-22-24-26-28-30-32-34-37-42(47)49-41(3)44(45(4,5)39-36-40-46)50-43(48)38-35-33-31-29-27-25-23-21-19-17-15-13-11-9-7-2/h20-23,41,44,46H,6-19,24-40H2,1-5H3/q+1/b22-20-,23-21-. The molecule has 2 unspecified atom stereocenters. The van der Waals surface area contributed by atoms with Crippen LogP contribution in [0.3, 0.4) is 0 Å². The average Bonchev–Trinajstić information content (AvgIpc) is 3.09. The molecule has 0 aliphatic heterocycles. The topological polar surface area (TPSA) is 72.8 Å². The minimum Gasteiger partial charge on any atom is -0.452 e. The first-order valence-electron chi connectivity index (χ1n) is 21.4. The van der Waals surface area contributed by atoms with E-state index in [2.05, 4.69) is 38.2 Å². The van der Waals surface area contributed by atoms with Crippen molar-refractivity contribution in [1.82, 2.24) is 0 Å². The molecule has 2 atom stereocenters. The van der Waals surface area contributed by atoms with Crippen molar-refractivity contribution in [2.75, 3.05) is 27.2 Å². The van der Waals surface area contributed by atoms with E-state index in [9.17, 15) is 14.7 Å². The van der Waals surface area contributed by atoms with E-state index in [0.29, 0.717) is 30.3 Å². The van der Waals surface area contributed by atoms with Gasteiger partial charge in [0.15, 0.2) is 6.10 Å². The number of esters is 2. The Balaban J connectivity index is 4.24. The SMILES string of the molecule is CCCCCCCC/C=C\CCCCCCCC(=O)OC(C)C(OC(=O)CCCCCCC/C=C\CCCCCCCC)[N+](C)(C)CCCO. The summed E-state index contributed by atoms with van der Waals surface area (Å²) < 4.78 is 12.2. The first kappa shape index (κ1) is 48.3. The summed E-state index contributed by atoms with van der Waals surface area (Å²) in [6, 6.07) is 0. The summed E-state index contributed by atoms with van der Waals surface area (Å²) in [5.74, 6) is -0.460. The highest BCUT2D eigenvalue weighted by Gasteiger charge is 2.38. The third kappa shape index (κ3) is 31.1. The third-order valence-electron chi connectivity index (χ3n) is 9.84. The number of aliphatic hydroxyl groups is 1. The van der Waals surface area contributed by atoms with Crippen molar-refractivity contribution in [1.29, 1.82) is 0 Å². The van der Waals surface area contributed by atoms with Gasteiger partial charge in [-0.1, -0.05) is 141 Å². The molecule has 0 saturated carbocycles. The molecular weight excluding hydrogens is 622 g/mol. The number of rotatable bonds is 37. The molecule has 0 radical (unpaired) electrons. The summed E-state index contributed by atoms with van der Waals surface area (Å²) in [6.07, 6.45) is 41.3. The van der Waals surface area contributed by atoms with Gasteiger partial charge in [0.1, 0.15) is 0 Å². The molecule has 6 nitrogen and oxygen atoms in total. The molecule has 0 aromatic heterocycles. The molecule has 1 N–H and O–H groups in total. The van der Waals surface area contributed by atoms with Crippen molar-refractivity contribution in [3.05, 3.63) is 24.3 Å². The molecule has 0 rings (SSSR count). The van der Waals surface area contributed by atoms with Crippen molar-refractivity contribution in [2.24, 2.45) is 0 Å². The van der Waals surface area contributed by atoms with E-state index in [1.165, 1.54) is 116 Å². The van der Waals surface area contributed by atoms with Gasteiger partial charge in [-0.3, -0.25) is 14.1 Å². The third-order valence-corrected chi connectivity index (χ3v) is 9.84. The van der Waals surface area contributed by atoms with Gasteiger partial charge >= 0.3 is 11.9 Å². The van der Waals surface area contributed by atoms with Crippen LogP contribution in [-0.4, -0.2) is 61.1 Å². The fraction of sp³-hybridized carbons (Fsp3) is 0.864. The van der Waals surface area contributed by atoms with Crippen molar-refractivity contribution in [3.63, 3.8) is 0 Å². The van der Waals surface area contributed by atoms with Crippen molar-refractivity contribution in [2.45, 2.75) is 219 Å². The molecule has 0 bridgehead atoms. The Labute approximate surface area is 310 Å². The van der Waals surface area contributed by atoms with Crippen LogP contribution in [0.5, 0.6) is 0 Å². The fourth-order valence-electron chi connectivity index (χ4n) is 6.61. The molecule has 50 heavy (non-hydrogen) atoms. The van der Waals surface area contributed by atoms with Gasteiger partial charge in [-0.15, -0.1) is 0 Å². The van der Waals surface area contributed by atoms with Crippen LogP contribution in [0.1, 0.15) is 207 Å². The number of likely N-dealkylation sites (N-methyl/N-ethyl adjacent to an activating group) is 1. The van der Waals surface area contributed by atoms with E-state index >= 15 is 0 Å². The second-order valence-electron chi connectivity index (χ2n) is 15.3. The van der Waals surface area contributed by atoms with Crippen LogP contribution in [0.4, 0.5) is 0 Å². The maximum absolute atomic E-state index is 12.9. The zero-order valence-electron chi connectivity index (χ0n) is 33.9. The van der Waals surface area contributed by atoms with Gasteiger partial charge < -0.3 is 14.6 Å². The van der Waals surface area contributed by atoms with E-state index in [1.54, 1.807) is 0 Å². The number of allylic oxidation sites excluding steroid dienone is 4. The molecular formula is C44H84NO5+. The zero-order chi connectivity index (χ0) is 37.0. The molecule has 0 amide bonds. The Hall–Kier alpha value is -1.66. The highest BCUT2D eigenvalue weighted by molar-refractivity contribution is 5.70. The van der Waals surface area contributed by atoms with Gasteiger partial charge in [0.25, 0.3) is 6.23 Å². The zero-order valence-corrected chi connectivity index (χ0v) is 33.9. The number of ether oxygens (including phenoxy) is 2. The number of hydrogen-bond donors (Lipinski definition) is 1. The summed E-state index contributed by atoms with van der Waals surface area (Å²) in [5.41, 5.74) is 0. The average molecular weight is 707 g/mol. The van der Waals surface area contributed by atoms with Gasteiger partial charge in [0.05, 0.1) is 20.6 Å². The Bertz CT molecular complexity index is 823. The van der Waals surface area contributed by atoms with Gasteiger partial charge in [-0.2, -0.15) is 0 Å². The number of unbranched alkanes of at least 4 members (excludes halogenated alkanes) is 22. The predicted octanol–water partition coefficient (Wildman–Crippen LogP) is 12.3. The highest BCUT2D eigenvalue weighted by Crippen LogP contribution is 2.20. The first-order valence-corrected chi connectivity index (χ1v) is 21.4. The normalized spacial score (nSPS) is 13.3. The Morgan fingerprint density at radius 1 is 0.520 bits per heavy atom. The monoisotopic (exact) mass is 707 g/mol. The molecule has 0 fully saturated rings. The minimum atomic E-state index is -0.602. The fourth-order valence-corrected chi connectivity index (χ4v) is 6.61. The number of quaternary nitrogens is 1. The van der Waals surface area contributed by atoms with Crippen LogP contribution >= 0.6 is 0 Å². The summed E-state index contributed by atoms with van der Waals surface area (Å²) in [7, 11) is 3.95. The smallest absolute Gasteiger partial charge is 0.310 e. The molecule has 0 heterocycles. The van der Waals surface area contributed by atoms with Crippen LogP contribution in [0.2, 0.25) is 0 Å². The van der Waals surface area contributed by atoms with E-state index in [-0.39, 0.29) is 18.5 Å². The molecule has 294 valence electrons. The minimum absolute atomic E-state index is 0.0703. The lowest BCUT2D eigenvalue weighted by Gasteiger charge is -2.39. The van der Waals surface area contributed by atoms with E-state index < -0.39 is 12.3 Å². The molecule has 0 spiro atoms. The second kappa shape index (κ2) is 35.7. The maximum Gasteiger partial charge on any atom is 0.310 e. The van der Waals surface area contributed by atoms with Gasteiger partial charge in [0.2, 0.25) is 0 Å². The Morgan fingerprint density at radius 3 is 1.24 bits per heavy atom. The number of carbonyl (C=O) groups is 2. The van der Waals surface area contributed by atoms with E-state index in [1.807, 2.05) is 21.0 Å². The Morgan fingerprint density at radius 2 is 0.860 bits per heavy atom. The summed E-state index contributed by atoms with van der Waals surface area (Å²) >= 11 is 0. The van der Waals surface area contributed by atoms with Crippen molar-refractivity contribution in [3.8, 4) is 0 Å². The lowest BCUT2D eigenvalue weighted by atomic mass is 10.1. The van der Waals surface area contributed by atoms with E-state index in [0.717, 1.165) is 51.4 Å². The second-order valence-corrected chi connectivity index (χ2v) is 15.3. The van der Waals surface area contributed by atoms with Crippen LogP contribution in [0.25, 0.3) is 0 Å². The molecule has 0 aromatic carbocycles. The van der Waals surface area contributed by atoms with Gasteiger partial charge in [-0.05, 0) is 71.1 Å². The maximum atomic E-state index is 12.9. The predicted molar refractivity (Wildman–Crippen MR) is 213 cm³/mol. The summed E-state index contributed by atoms with van der Waals surface area (Å²) in [5, 5.41) is 9.43. The summed E-state index contributed by atoms with van der Waals surface area (Å²) in [6.45, 7) is 7.05. The number of nitrogens with zero attached hydrogens (tertiary/aromatic N) is 1. The van der Waals surface area contributed by atoms with E-state index in [4.69, 9.17) is 9.47 Å². The van der Waals surface area contributed by atoms with Crippen molar-refractivity contribution < 1.29 is 28.7 Å².